The van der Waals surface area contributed by atoms with Crippen LogP contribution in [-0.2, 0) is 0 Å². The van der Waals surface area contributed by atoms with E-state index in [1.807, 2.05) is 0 Å². The molecule has 0 spiro atoms. The number of nitrogens with one attached hydrogen (secondary N) is 1. The van der Waals surface area contributed by atoms with Crippen LogP contribution in [0.2, 0.25) is 5.02 Å². The number of anilines is 2. The van der Waals surface area contributed by atoms with Gasteiger partial charge in [0.25, 0.3) is 5.91 Å². The van der Waals surface area contributed by atoms with E-state index in [0.717, 1.165) is 0 Å². The van der Waals surface area contributed by atoms with Crippen LogP contribution in [0, 0.1) is 0 Å². The Labute approximate surface area is 116 Å². The van der Waals surface area contributed by atoms with Crippen molar-refractivity contribution in [3.8, 4) is 5.75 Å². The van der Waals surface area contributed by atoms with Gasteiger partial charge in [0.05, 0.1) is 12.8 Å². The molecule has 2 aromatic rings. The highest BCUT2D eigenvalue weighted by Crippen LogP contribution is 2.27. The third-order valence-corrected chi connectivity index (χ3v) is 2.79. The number of hydrogen-bond acceptors (Lipinski definition) is 3. The van der Waals surface area contributed by atoms with Crippen LogP contribution in [0.15, 0.2) is 42.5 Å². The Kier molecular flexibility index (Phi) is 3.92. The number of benzene rings is 2. The van der Waals surface area contributed by atoms with Gasteiger partial charge in [0.1, 0.15) is 5.75 Å². The summed E-state index contributed by atoms with van der Waals surface area (Å²) in [5, 5.41) is 3.25. The largest absolute Gasteiger partial charge is 0.495 e. The summed E-state index contributed by atoms with van der Waals surface area (Å²) in [5.41, 5.74) is 7.23. The third kappa shape index (κ3) is 3.17. The highest BCUT2D eigenvalue weighted by atomic mass is 35.5. The van der Waals surface area contributed by atoms with Gasteiger partial charge in [-0.3, -0.25) is 4.79 Å². The monoisotopic (exact) mass is 276 g/mol. The summed E-state index contributed by atoms with van der Waals surface area (Å²) in [6, 6.07) is 11.7. The van der Waals surface area contributed by atoms with Crippen molar-refractivity contribution in [1.29, 1.82) is 0 Å². The van der Waals surface area contributed by atoms with Gasteiger partial charge in [-0.05, 0) is 36.4 Å². The fourth-order valence-corrected chi connectivity index (χ4v) is 1.84. The van der Waals surface area contributed by atoms with Crippen LogP contribution < -0.4 is 15.8 Å². The molecule has 0 bridgehead atoms. The zero-order chi connectivity index (χ0) is 13.8. The molecular weight excluding hydrogens is 264 g/mol. The molecule has 1 amide bonds. The zero-order valence-electron chi connectivity index (χ0n) is 10.3. The molecule has 0 heterocycles. The van der Waals surface area contributed by atoms with Crippen molar-refractivity contribution in [1.82, 2.24) is 0 Å². The quantitative estimate of drug-likeness (QED) is 0.846. The first-order valence-corrected chi connectivity index (χ1v) is 5.98. The van der Waals surface area contributed by atoms with Crippen LogP contribution in [0.25, 0.3) is 0 Å². The van der Waals surface area contributed by atoms with Gasteiger partial charge in [-0.2, -0.15) is 0 Å². The first-order valence-electron chi connectivity index (χ1n) is 5.60. The molecule has 0 radical (unpaired) electrons. The minimum atomic E-state index is -0.272. The number of hydrogen-bond donors (Lipinski definition) is 2. The van der Waals surface area contributed by atoms with Gasteiger partial charge in [-0.1, -0.05) is 17.7 Å². The SMILES string of the molecule is COc1ccc(N)cc1NC(=O)c1cccc(Cl)c1. The molecule has 5 heteroatoms. The number of rotatable bonds is 3. The second kappa shape index (κ2) is 5.63. The molecule has 98 valence electrons. The van der Waals surface area contributed by atoms with Crippen LogP contribution in [0.5, 0.6) is 5.75 Å². The number of carbonyl (C=O) groups is 1. The number of carbonyl (C=O) groups excluding carboxylic acids is 1. The Bertz CT molecular complexity index is 614. The van der Waals surface area contributed by atoms with E-state index in [1.165, 1.54) is 7.11 Å². The maximum atomic E-state index is 12.1. The fraction of sp³-hybridized carbons (Fsp3) is 0.0714. The number of halogens is 1. The molecule has 2 aromatic carbocycles. The van der Waals surface area contributed by atoms with Gasteiger partial charge in [-0.15, -0.1) is 0 Å². The summed E-state index contributed by atoms with van der Waals surface area (Å²) in [6.45, 7) is 0. The van der Waals surface area contributed by atoms with Crippen molar-refractivity contribution in [2.24, 2.45) is 0 Å². The normalized spacial score (nSPS) is 10.0. The molecule has 0 aliphatic heterocycles. The van der Waals surface area contributed by atoms with Crippen LogP contribution >= 0.6 is 11.6 Å². The lowest BCUT2D eigenvalue weighted by Crippen LogP contribution is -2.12. The molecule has 3 N–H and O–H groups in total. The molecule has 0 aliphatic rings. The molecule has 0 saturated carbocycles. The lowest BCUT2D eigenvalue weighted by molar-refractivity contribution is 0.102. The Morgan fingerprint density at radius 1 is 1.26 bits per heavy atom. The fourth-order valence-electron chi connectivity index (χ4n) is 1.65. The second-order valence-corrected chi connectivity index (χ2v) is 4.36. The summed E-state index contributed by atoms with van der Waals surface area (Å²) in [7, 11) is 1.53. The van der Waals surface area contributed by atoms with E-state index in [4.69, 9.17) is 22.1 Å². The van der Waals surface area contributed by atoms with Gasteiger partial charge >= 0.3 is 0 Å². The highest BCUT2D eigenvalue weighted by molar-refractivity contribution is 6.31. The van der Waals surface area contributed by atoms with E-state index in [-0.39, 0.29) is 5.91 Å². The lowest BCUT2D eigenvalue weighted by atomic mass is 10.2. The van der Waals surface area contributed by atoms with E-state index < -0.39 is 0 Å². The van der Waals surface area contributed by atoms with Crippen molar-refractivity contribution < 1.29 is 9.53 Å². The minimum Gasteiger partial charge on any atom is -0.495 e. The zero-order valence-corrected chi connectivity index (χ0v) is 11.1. The minimum absolute atomic E-state index is 0.272. The Morgan fingerprint density at radius 2 is 2.05 bits per heavy atom. The molecule has 0 fully saturated rings. The van der Waals surface area contributed by atoms with E-state index in [9.17, 15) is 4.79 Å². The van der Waals surface area contributed by atoms with Gasteiger partial charge in [0.15, 0.2) is 0 Å². The average molecular weight is 277 g/mol. The number of nitrogens with two attached hydrogens (primary N) is 1. The smallest absolute Gasteiger partial charge is 0.255 e. The highest BCUT2D eigenvalue weighted by Gasteiger charge is 2.10. The van der Waals surface area contributed by atoms with Gasteiger partial charge in [-0.25, -0.2) is 0 Å². The van der Waals surface area contributed by atoms with E-state index in [1.54, 1.807) is 42.5 Å². The predicted molar refractivity (Wildman–Crippen MR) is 76.8 cm³/mol. The van der Waals surface area contributed by atoms with Gasteiger partial charge in [0.2, 0.25) is 0 Å². The molecule has 0 unspecified atom stereocenters. The lowest BCUT2D eigenvalue weighted by Gasteiger charge is -2.11. The van der Waals surface area contributed by atoms with Crippen molar-refractivity contribution >= 4 is 28.9 Å². The van der Waals surface area contributed by atoms with Crippen LogP contribution in [0.4, 0.5) is 11.4 Å². The van der Waals surface area contributed by atoms with E-state index >= 15 is 0 Å². The summed E-state index contributed by atoms with van der Waals surface area (Å²) >= 11 is 5.85. The first-order chi connectivity index (χ1) is 9.10. The van der Waals surface area contributed by atoms with Gasteiger partial charge in [0, 0.05) is 16.3 Å². The summed E-state index contributed by atoms with van der Waals surface area (Å²) in [6.07, 6.45) is 0. The Morgan fingerprint density at radius 3 is 2.74 bits per heavy atom. The van der Waals surface area contributed by atoms with Crippen molar-refractivity contribution in [3.05, 3.63) is 53.1 Å². The predicted octanol–water partition coefficient (Wildman–Crippen LogP) is 3.18. The van der Waals surface area contributed by atoms with Crippen LogP contribution in [0.3, 0.4) is 0 Å². The molecule has 2 rings (SSSR count). The molecule has 0 atom stereocenters. The van der Waals surface area contributed by atoms with Crippen LogP contribution in [-0.4, -0.2) is 13.0 Å². The Hall–Kier alpha value is -2.20. The van der Waals surface area contributed by atoms with Crippen LogP contribution in [0.1, 0.15) is 10.4 Å². The topological polar surface area (TPSA) is 64.3 Å². The Balaban J connectivity index is 2.26. The number of methoxy groups -OCH3 is 1. The maximum Gasteiger partial charge on any atom is 0.255 e. The molecule has 0 aromatic heterocycles. The molecule has 19 heavy (non-hydrogen) atoms. The molecular formula is C14H13ClN2O2. The third-order valence-electron chi connectivity index (χ3n) is 2.56. The standard InChI is InChI=1S/C14H13ClN2O2/c1-19-13-6-5-11(16)8-12(13)17-14(18)9-3-2-4-10(15)7-9/h2-8H,16H2,1H3,(H,17,18). The van der Waals surface area contributed by atoms with Gasteiger partial charge < -0.3 is 15.8 Å². The average Bonchev–Trinajstić information content (AvgIpc) is 2.39. The number of amides is 1. The van der Waals surface area contributed by atoms with Crippen molar-refractivity contribution in [3.63, 3.8) is 0 Å². The molecule has 0 aliphatic carbocycles. The molecule has 0 saturated heterocycles. The number of nitrogen functional groups attached to an aromatic ring is 1. The second-order valence-electron chi connectivity index (χ2n) is 3.92. The van der Waals surface area contributed by atoms with E-state index in [0.29, 0.717) is 27.7 Å². The van der Waals surface area contributed by atoms with E-state index in [2.05, 4.69) is 5.32 Å². The summed E-state index contributed by atoms with van der Waals surface area (Å²) in [5.74, 6) is 0.274. The molecule has 4 nitrogen and oxygen atoms in total. The number of ether oxygens (including phenoxy) is 1. The van der Waals surface area contributed by atoms with Crippen molar-refractivity contribution in [2.75, 3.05) is 18.2 Å². The maximum absolute atomic E-state index is 12.1. The first kappa shape index (κ1) is 13.2. The summed E-state index contributed by atoms with van der Waals surface area (Å²) in [4.78, 5) is 12.1. The summed E-state index contributed by atoms with van der Waals surface area (Å²) < 4.78 is 5.16. The van der Waals surface area contributed by atoms with Crippen molar-refractivity contribution in [2.45, 2.75) is 0 Å².